The molecule has 1 unspecified atom stereocenters. The second kappa shape index (κ2) is 8.86. The summed E-state index contributed by atoms with van der Waals surface area (Å²) in [6.07, 6.45) is 6.43. The lowest BCUT2D eigenvalue weighted by molar-refractivity contribution is -0.148. The van der Waals surface area contributed by atoms with E-state index in [4.69, 9.17) is 9.84 Å². The van der Waals surface area contributed by atoms with Gasteiger partial charge in [0.15, 0.2) is 0 Å². The number of carbonyl (C=O) groups excluding carboxylic acids is 1. The van der Waals surface area contributed by atoms with Gasteiger partial charge in [-0.2, -0.15) is 0 Å². The second-order valence-corrected chi connectivity index (χ2v) is 7.40. The van der Waals surface area contributed by atoms with E-state index in [2.05, 4.69) is 6.58 Å². The Bertz CT molecular complexity index is 739. The molecule has 0 heterocycles. The maximum atomic E-state index is 12.0. The molecule has 0 bridgehead atoms. The Morgan fingerprint density at radius 3 is 2.18 bits per heavy atom. The number of carboxylic acid groups (broad SMARTS) is 3. The van der Waals surface area contributed by atoms with Crippen LogP contribution >= 0.6 is 0 Å². The van der Waals surface area contributed by atoms with Crippen LogP contribution in [-0.4, -0.2) is 45.8 Å². The minimum Gasteiger partial charge on any atom is -0.481 e. The van der Waals surface area contributed by atoms with Crippen LogP contribution in [0, 0.1) is 17.3 Å². The molecule has 1 atom stereocenters. The van der Waals surface area contributed by atoms with Crippen LogP contribution < -0.4 is 0 Å². The predicted octanol–water partition coefficient (Wildman–Crippen LogP) is 2.41. The maximum absolute atomic E-state index is 12.0. The highest BCUT2D eigenvalue weighted by molar-refractivity contribution is 6.02. The zero-order valence-electron chi connectivity index (χ0n) is 15.4. The van der Waals surface area contributed by atoms with E-state index in [1.807, 2.05) is 0 Å². The summed E-state index contributed by atoms with van der Waals surface area (Å²) in [7, 11) is 0. The van der Waals surface area contributed by atoms with Gasteiger partial charge in [0.05, 0.1) is 23.2 Å². The van der Waals surface area contributed by atoms with Crippen molar-refractivity contribution in [2.75, 3.05) is 6.61 Å². The molecule has 1 saturated carbocycles. The normalized spacial score (nSPS) is 27.1. The van der Waals surface area contributed by atoms with Crippen molar-refractivity contribution in [3.63, 3.8) is 0 Å². The Morgan fingerprint density at radius 2 is 1.68 bits per heavy atom. The van der Waals surface area contributed by atoms with Gasteiger partial charge < -0.3 is 20.1 Å². The van der Waals surface area contributed by atoms with Crippen molar-refractivity contribution in [2.24, 2.45) is 17.3 Å². The van der Waals surface area contributed by atoms with Gasteiger partial charge in [-0.3, -0.25) is 4.79 Å². The van der Waals surface area contributed by atoms with Crippen LogP contribution in [-0.2, 0) is 23.9 Å². The number of ether oxygens (including phenoxy) is 1. The van der Waals surface area contributed by atoms with Gasteiger partial charge in [0.1, 0.15) is 0 Å². The van der Waals surface area contributed by atoms with E-state index in [-0.39, 0.29) is 35.8 Å². The maximum Gasteiger partial charge on any atom is 0.336 e. The monoisotopic (exact) mass is 392 g/mol. The highest BCUT2D eigenvalue weighted by Gasteiger charge is 2.44. The Balaban J connectivity index is 2.05. The first-order chi connectivity index (χ1) is 13.2. The Kier molecular flexibility index (Phi) is 6.77. The van der Waals surface area contributed by atoms with Gasteiger partial charge in [-0.25, -0.2) is 14.4 Å². The standard InChI is InChI=1S/C20H24O8/c1-2-16(21)28-11-13-5-3-12(4-6-13)9-20(19(26)27)8-7-14(17(22)23)15(10-20)18(24)25/h2,7-8,12-13H,1,3-6,9-11H2,(H,22,23)(H,24,25)(H,26,27). The molecule has 0 aromatic heterocycles. The molecule has 2 aliphatic carbocycles. The van der Waals surface area contributed by atoms with Crippen molar-refractivity contribution in [3.8, 4) is 0 Å². The van der Waals surface area contributed by atoms with Crippen LogP contribution in [0.3, 0.4) is 0 Å². The Hall–Kier alpha value is -2.90. The fraction of sp³-hybridized carbons (Fsp3) is 0.500. The van der Waals surface area contributed by atoms with Gasteiger partial charge in [0.25, 0.3) is 0 Å². The molecular weight excluding hydrogens is 368 g/mol. The number of aliphatic carboxylic acids is 3. The molecule has 28 heavy (non-hydrogen) atoms. The average Bonchev–Trinajstić information content (AvgIpc) is 2.66. The molecular formula is C20H24O8. The smallest absolute Gasteiger partial charge is 0.336 e. The topological polar surface area (TPSA) is 138 Å². The average molecular weight is 392 g/mol. The quantitative estimate of drug-likeness (QED) is 0.423. The molecule has 2 rings (SSSR count). The largest absolute Gasteiger partial charge is 0.481 e. The third-order valence-electron chi connectivity index (χ3n) is 5.55. The first-order valence-corrected chi connectivity index (χ1v) is 9.10. The van der Waals surface area contributed by atoms with Crippen molar-refractivity contribution in [1.82, 2.24) is 0 Å². The third kappa shape index (κ3) is 4.88. The van der Waals surface area contributed by atoms with Crippen LogP contribution in [0.25, 0.3) is 0 Å². The van der Waals surface area contributed by atoms with E-state index < -0.39 is 29.3 Å². The van der Waals surface area contributed by atoms with E-state index in [0.29, 0.717) is 6.61 Å². The molecule has 2 aliphatic rings. The first kappa shape index (κ1) is 21.4. The van der Waals surface area contributed by atoms with Gasteiger partial charge in [-0.05, 0) is 43.6 Å². The molecule has 152 valence electrons. The molecule has 0 saturated heterocycles. The summed E-state index contributed by atoms with van der Waals surface area (Å²) < 4.78 is 5.06. The van der Waals surface area contributed by atoms with E-state index >= 15 is 0 Å². The molecule has 1 fully saturated rings. The van der Waals surface area contributed by atoms with Crippen molar-refractivity contribution >= 4 is 23.9 Å². The summed E-state index contributed by atoms with van der Waals surface area (Å²) in [6, 6.07) is 0. The Morgan fingerprint density at radius 1 is 1.07 bits per heavy atom. The van der Waals surface area contributed by atoms with E-state index in [9.17, 15) is 29.4 Å². The lowest BCUT2D eigenvalue weighted by atomic mass is 9.67. The number of carbonyl (C=O) groups is 4. The molecule has 0 aromatic rings. The molecule has 3 N–H and O–H groups in total. The molecule has 8 heteroatoms. The predicted molar refractivity (Wildman–Crippen MR) is 97.3 cm³/mol. The van der Waals surface area contributed by atoms with Gasteiger partial charge >= 0.3 is 23.9 Å². The number of carboxylic acids is 3. The van der Waals surface area contributed by atoms with Crippen LogP contribution in [0.1, 0.15) is 38.5 Å². The minimum absolute atomic E-state index is 0.0635. The van der Waals surface area contributed by atoms with E-state index in [1.165, 1.54) is 6.08 Å². The first-order valence-electron chi connectivity index (χ1n) is 9.10. The SMILES string of the molecule is C=CC(=O)OCC1CCC(CC2(C(=O)O)C=CC(C(=O)O)=C(C(=O)O)C2)CC1. The molecule has 0 aliphatic heterocycles. The van der Waals surface area contributed by atoms with Crippen LogP contribution in [0.15, 0.2) is 36.0 Å². The van der Waals surface area contributed by atoms with Crippen LogP contribution in [0.2, 0.25) is 0 Å². The number of hydrogen-bond donors (Lipinski definition) is 3. The highest BCUT2D eigenvalue weighted by atomic mass is 16.5. The second-order valence-electron chi connectivity index (χ2n) is 7.40. The van der Waals surface area contributed by atoms with Crippen molar-refractivity contribution < 1.29 is 39.2 Å². The highest BCUT2D eigenvalue weighted by Crippen LogP contribution is 2.44. The molecule has 0 aromatic carbocycles. The van der Waals surface area contributed by atoms with E-state index in [1.54, 1.807) is 0 Å². The fourth-order valence-corrected chi connectivity index (χ4v) is 3.95. The fourth-order valence-electron chi connectivity index (χ4n) is 3.95. The molecule has 8 nitrogen and oxygen atoms in total. The van der Waals surface area contributed by atoms with Crippen molar-refractivity contribution in [2.45, 2.75) is 38.5 Å². The van der Waals surface area contributed by atoms with E-state index in [0.717, 1.165) is 37.8 Å². The third-order valence-corrected chi connectivity index (χ3v) is 5.55. The molecule has 0 radical (unpaired) electrons. The number of rotatable bonds is 8. The summed E-state index contributed by atoms with van der Waals surface area (Å²) in [6.45, 7) is 3.64. The summed E-state index contributed by atoms with van der Waals surface area (Å²) in [5, 5.41) is 28.3. The zero-order chi connectivity index (χ0) is 20.9. The number of esters is 1. The zero-order valence-corrected chi connectivity index (χ0v) is 15.4. The van der Waals surface area contributed by atoms with Crippen molar-refractivity contribution in [1.29, 1.82) is 0 Å². The molecule has 0 amide bonds. The van der Waals surface area contributed by atoms with Crippen molar-refractivity contribution in [3.05, 3.63) is 36.0 Å². The number of hydrogen-bond acceptors (Lipinski definition) is 5. The van der Waals surface area contributed by atoms with Gasteiger partial charge in [0.2, 0.25) is 0 Å². The molecule has 0 spiro atoms. The lowest BCUT2D eigenvalue weighted by Gasteiger charge is -2.36. The summed E-state index contributed by atoms with van der Waals surface area (Å²) in [5.41, 5.74) is -2.20. The van der Waals surface area contributed by atoms with Gasteiger partial charge in [0, 0.05) is 6.08 Å². The summed E-state index contributed by atoms with van der Waals surface area (Å²) in [4.78, 5) is 45.9. The summed E-state index contributed by atoms with van der Waals surface area (Å²) in [5.74, 6) is -4.16. The lowest BCUT2D eigenvalue weighted by Crippen LogP contribution is -2.36. The van der Waals surface area contributed by atoms with Crippen LogP contribution in [0.5, 0.6) is 0 Å². The Labute approximate surface area is 162 Å². The van der Waals surface area contributed by atoms with Crippen LogP contribution in [0.4, 0.5) is 0 Å². The van der Waals surface area contributed by atoms with Gasteiger partial charge in [-0.1, -0.05) is 25.5 Å². The van der Waals surface area contributed by atoms with Gasteiger partial charge in [-0.15, -0.1) is 0 Å². The summed E-state index contributed by atoms with van der Waals surface area (Å²) >= 11 is 0. The minimum atomic E-state index is -1.43.